The lowest BCUT2D eigenvalue weighted by Gasteiger charge is -2.09. The monoisotopic (exact) mass is 348 g/mol. The molecule has 4 rings (SSSR count). The molecule has 4 aromatic rings. The average Bonchev–Trinajstić information content (AvgIpc) is 3.06. The fourth-order valence-electron chi connectivity index (χ4n) is 2.60. The normalized spacial score (nSPS) is 10.8. The minimum Gasteiger partial charge on any atom is -0.436 e. The van der Waals surface area contributed by atoms with Gasteiger partial charge in [-0.2, -0.15) is 0 Å². The zero-order chi connectivity index (χ0) is 17.2. The maximum atomic E-state index is 12.5. The number of aromatic nitrogens is 1. The number of carbonyl (C=O) groups excluding carboxylic acids is 1. The molecule has 0 radical (unpaired) electrons. The fraction of sp³-hybridized carbons (Fsp3) is 0. The van der Waals surface area contributed by atoms with E-state index in [2.05, 4.69) is 10.3 Å². The van der Waals surface area contributed by atoms with Crippen molar-refractivity contribution in [2.24, 2.45) is 0 Å². The molecule has 5 heteroatoms. The highest BCUT2D eigenvalue weighted by molar-refractivity contribution is 6.34. The largest absolute Gasteiger partial charge is 0.436 e. The van der Waals surface area contributed by atoms with Crippen LogP contribution in [0.4, 0.5) is 5.69 Å². The van der Waals surface area contributed by atoms with E-state index in [9.17, 15) is 4.79 Å². The van der Waals surface area contributed by atoms with E-state index >= 15 is 0 Å². The highest BCUT2D eigenvalue weighted by Crippen LogP contribution is 2.30. The van der Waals surface area contributed by atoms with Crippen molar-refractivity contribution in [3.05, 3.63) is 83.4 Å². The van der Waals surface area contributed by atoms with Gasteiger partial charge >= 0.3 is 0 Å². The molecule has 122 valence electrons. The highest BCUT2D eigenvalue weighted by atomic mass is 35.5. The number of fused-ring (bicyclic) bond motifs is 1. The Kier molecular flexibility index (Phi) is 3.96. The van der Waals surface area contributed by atoms with Gasteiger partial charge in [0.05, 0.1) is 21.8 Å². The first-order valence-corrected chi connectivity index (χ1v) is 8.11. The molecular weight excluding hydrogens is 336 g/mol. The van der Waals surface area contributed by atoms with Gasteiger partial charge in [-0.3, -0.25) is 4.79 Å². The molecule has 0 spiro atoms. The van der Waals surface area contributed by atoms with E-state index in [1.807, 2.05) is 42.5 Å². The highest BCUT2D eigenvalue weighted by Gasteiger charge is 2.15. The van der Waals surface area contributed by atoms with E-state index in [0.29, 0.717) is 33.3 Å². The second-order valence-electron chi connectivity index (χ2n) is 5.47. The number of anilines is 1. The quantitative estimate of drug-likeness (QED) is 0.539. The third-order valence-corrected chi connectivity index (χ3v) is 4.15. The van der Waals surface area contributed by atoms with Gasteiger partial charge in [0, 0.05) is 0 Å². The number of hydrogen-bond acceptors (Lipinski definition) is 3. The minimum absolute atomic E-state index is 0.283. The van der Waals surface area contributed by atoms with Gasteiger partial charge in [-0.05, 0) is 36.4 Å². The molecule has 0 aliphatic carbocycles. The summed E-state index contributed by atoms with van der Waals surface area (Å²) in [5.74, 6) is 0.172. The smallest absolute Gasteiger partial charge is 0.257 e. The van der Waals surface area contributed by atoms with Gasteiger partial charge in [-0.25, -0.2) is 4.98 Å². The van der Waals surface area contributed by atoms with Crippen molar-refractivity contribution in [3.8, 4) is 11.5 Å². The molecule has 0 saturated carbocycles. The molecule has 1 aromatic heterocycles. The molecular formula is C20H13ClN2O2. The lowest BCUT2D eigenvalue weighted by Crippen LogP contribution is -2.13. The summed E-state index contributed by atoms with van der Waals surface area (Å²) in [7, 11) is 0. The van der Waals surface area contributed by atoms with Crippen LogP contribution in [0.2, 0.25) is 5.02 Å². The molecule has 0 atom stereocenters. The van der Waals surface area contributed by atoms with Gasteiger partial charge in [-0.1, -0.05) is 48.0 Å². The van der Waals surface area contributed by atoms with Crippen LogP contribution >= 0.6 is 11.6 Å². The Morgan fingerprint density at radius 2 is 1.64 bits per heavy atom. The number of para-hydroxylation sites is 3. The molecule has 25 heavy (non-hydrogen) atoms. The van der Waals surface area contributed by atoms with E-state index in [1.165, 1.54) is 0 Å². The Balaban J connectivity index is 1.72. The van der Waals surface area contributed by atoms with Crippen LogP contribution in [-0.2, 0) is 0 Å². The van der Waals surface area contributed by atoms with Crippen LogP contribution in [0.15, 0.2) is 77.2 Å². The molecule has 4 nitrogen and oxygen atoms in total. The van der Waals surface area contributed by atoms with Gasteiger partial charge in [0.25, 0.3) is 5.91 Å². The van der Waals surface area contributed by atoms with Crippen molar-refractivity contribution >= 4 is 34.3 Å². The zero-order valence-corrected chi connectivity index (χ0v) is 13.8. The number of hydrogen-bond donors (Lipinski definition) is 1. The van der Waals surface area contributed by atoms with Crippen LogP contribution in [0.3, 0.4) is 0 Å². The topological polar surface area (TPSA) is 55.1 Å². The average molecular weight is 349 g/mol. The number of nitrogens with zero attached hydrogens (tertiary/aromatic N) is 1. The molecule has 1 N–H and O–H groups in total. The first-order chi connectivity index (χ1) is 12.2. The number of oxazole rings is 1. The van der Waals surface area contributed by atoms with E-state index in [0.717, 1.165) is 5.52 Å². The standard InChI is InChI=1S/C20H13ClN2O2/c21-15-9-3-1-7-13(15)19(24)22-16-10-4-2-8-14(16)20-23-17-11-5-6-12-18(17)25-20/h1-12H,(H,22,24). The van der Waals surface area contributed by atoms with Crippen molar-refractivity contribution < 1.29 is 9.21 Å². The van der Waals surface area contributed by atoms with E-state index in [1.54, 1.807) is 30.3 Å². The van der Waals surface area contributed by atoms with Crippen molar-refractivity contribution in [1.82, 2.24) is 4.98 Å². The summed E-state index contributed by atoms with van der Waals surface area (Å²) in [5, 5.41) is 3.29. The first kappa shape index (κ1) is 15.4. The Labute approximate surface area is 149 Å². The Hall–Kier alpha value is -3.11. The van der Waals surface area contributed by atoms with Crippen molar-refractivity contribution in [3.63, 3.8) is 0 Å². The second kappa shape index (κ2) is 6.42. The van der Waals surface area contributed by atoms with Crippen molar-refractivity contribution in [2.45, 2.75) is 0 Å². The number of carbonyl (C=O) groups is 1. The summed E-state index contributed by atoms with van der Waals surface area (Å²) >= 11 is 6.10. The molecule has 1 heterocycles. The summed E-state index contributed by atoms with van der Waals surface area (Å²) in [6.07, 6.45) is 0. The predicted octanol–water partition coefficient (Wildman–Crippen LogP) is 5.40. The molecule has 0 unspecified atom stereocenters. The molecule has 0 saturated heterocycles. The summed E-state index contributed by atoms with van der Waals surface area (Å²) in [6.45, 7) is 0. The maximum Gasteiger partial charge on any atom is 0.257 e. The molecule has 0 aliphatic rings. The number of rotatable bonds is 3. The van der Waals surface area contributed by atoms with Crippen LogP contribution in [0.5, 0.6) is 0 Å². The number of nitrogens with one attached hydrogen (secondary N) is 1. The Morgan fingerprint density at radius 3 is 2.48 bits per heavy atom. The fourth-order valence-corrected chi connectivity index (χ4v) is 2.82. The minimum atomic E-state index is -0.283. The molecule has 0 bridgehead atoms. The lowest BCUT2D eigenvalue weighted by molar-refractivity contribution is 0.102. The van der Waals surface area contributed by atoms with Crippen LogP contribution in [0.1, 0.15) is 10.4 Å². The maximum absolute atomic E-state index is 12.5. The van der Waals surface area contributed by atoms with E-state index < -0.39 is 0 Å². The number of benzene rings is 3. The third-order valence-electron chi connectivity index (χ3n) is 3.82. The van der Waals surface area contributed by atoms with Crippen LogP contribution in [0.25, 0.3) is 22.6 Å². The van der Waals surface area contributed by atoms with E-state index in [-0.39, 0.29) is 5.91 Å². The van der Waals surface area contributed by atoms with Gasteiger partial charge in [0.2, 0.25) is 5.89 Å². The van der Waals surface area contributed by atoms with Crippen LogP contribution in [-0.4, -0.2) is 10.9 Å². The first-order valence-electron chi connectivity index (χ1n) is 7.73. The van der Waals surface area contributed by atoms with Gasteiger partial charge in [0.1, 0.15) is 5.52 Å². The predicted molar refractivity (Wildman–Crippen MR) is 98.9 cm³/mol. The Morgan fingerprint density at radius 1 is 0.920 bits per heavy atom. The Bertz CT molecular complexity index is 1040. The third kappa shape index (κ3) is 2.99. The van der Waals surface area contributed by atoms with Crippen LogP contribution in [0, 0.1) is 0 Å². The second-order valence-corrected chi connectivity index (χ2v) is 5.87. The van der Waals surface area contributed by atoms with Gasteiger partial charge < -0.3 is 9.73 Å². The molecule has 0 aliphatic heterocycles. The van der Waals surface area contributed by atoms with Crippen molar-refractivity contribution in [1.29, 1.82) is 0 Å². The van der Waals surface area contributed by atoms with E-state index in [4.69, 9.17) is 16.0 Å². The van der Waals surface area contributed by atoms with Crippen LogP contribution < -0.4 is 5.32 Å². The number of amides is 1. The summed E-state index contributed by atoms with van der Waals surface area (Å²) in [6, 6.07) is 21.8. The SMILES string of the molecule is O=C(Nc1ccccc1-c1nc2ccccc2o1)c1ccccc1Cl. The van der Waals surface area contributed by atoms with Gasteiger partial charge in [-0.15, -0.1) is 0 Å². The van der Waals surface area contributed by atoms with Gasteiger partial charge in [0.15, 0.2) is 5.58 Å². The number of halogens is 1. The summed E-state index contributed by atoms with van der Waals surface area (Å²) in [5.41, 5.74) is 3.20. The summed E-state index contributed by atoms with van der Waals surface area (Å²) < 4.78 is 5.82. The van der Waals surface area contributed by atoms with Crippen molar-refractivity contribution in [2.75, 3.05) is 5.32 Å². The summed E-state index contributed by atoms with van der Waals surface area (Å²) in [4.78, 5) is 17.0. The lowest BCUT2D eigenvalue weighted by atomic mass is 10.1. The molecule has 1 amide bonds. The zero-order valence-electron chi connectivity index (χ0n) is 13.1. The molecule has 0 fully saturated rings. The molecule has 3 aromatic carbocycles.